The minimum atomic E-state index is -3.79. The van der Waals surface area contributed by atoms with E-state index in [9.17, 15) is 13.2 Å². The van der Waals surface area contributed by atoms with E-state index in [4.69, 9.17) is 15.6 Å². The van der Waals surface area contributed by atoms with Crippen LogP contribution in [0.3, 0.4) is 0 Å². The van der Waals surface area contributed by atoms with Gasteiger partial charge >= 0.3 is 5.97 Å². The summed E-state index contributed by atoms with van der Waals surface area (Å²) in [6, 6.07) is 3.40. The number of primary sulfonamides is 1. The van der Waals surface area contributed by atoms with E-state index in [1.807, 2.05) is 0 Å². The normalized spacial score (nSPS) is 12.8. The number of ether oxygens (including phenoxy) is 1. The summed E-state index contributed by atoms with van der Waals surface area (Å²) in [7, 11) is -3.79. The van der Waals surface area contributed by atoms with Gasteiger partial charge in [0.15, 0.2) is 0 Å². The van der Waals surface area contributed by atoms with Gasteiger partial charge in [0.05, 0.1) is 22.9 Å². The van der Waals surface area contributed by atoms with Crippen LogP contribution >= 0.6 is 0 Å². The SMILES string of the molecule is CCOC(=O)C(C)Nc1ccc(S(N)(=O)=O)cc1N. The lowest BCUT2D eigenvalue weighted by Crippen LogP contribution is -2.28. The first kappa shape index (κ1) is 15.3. The Morgan fingerprint density at radius 1 is 1.47 bits per heavy atom. The van der Waals surface area contributed by atoms with Crippen LogP contribution in [-0.2, 0) is 19.6 Å². The van der Waals surface area contributed by atoms with Crippen LogP contribution in [0.15, 0.2) is 23.1 Å². The van der Waals surface area contributed by atoms with E-state index < -0.39 is 22.0 Å². The zero-order valence-electron chi connectivity index (χ0n) is 10.7. The molecule has 0 saturated carbocycles. The molecule has 0 spiro atoms. The van der Waals surface area contributed by atoms with Gasteiger partial charge in [-0.3, -0.25) is 0 Å². The fourth-order valence-electron chi connectivity index (χ4n) is 1.41. The zero-order chi connectivity index (χ0) is 14.6. The quantitative estimate of drug-likeness (QED) is 0.527. The maximum absolute atomic E-state index is 11.4. The number of anilines is 2. The molecule has 19 heavy (non-hydrogen) atoms. The molecule has 1 rings (SSSR count). The van der Waals surface area contributed by atoms with E-state index in [-0.39, 0.29) is 17.2 Å². The summed E-state index contributed by atoms with van der Waals surface area (Å²) in [5.74, 6) is -0.419. The van der Waals surface area contributed by atoms with Crippen molar-refractivity contribution in [2.45, 2.75) is 24.8 Å². The molecular weight excluding hydrogens is 270 g/mol. The van der Waals surface area contributed by atoms with Crippen LogP contribution in [0, 0.1) is 0 Å². The van der Waals surface area contributed by atoms with Crippen molar-refractivity contribution in [3.8, 4) is 0 Å². The number of sulfonamides is 1. The molecule has 0 aromatic heterocycles. The van der Waals surface area contributed by atoms with E-state index in [0.29, 0.717) is 5.69 Å². The molecule has 0 fully saturated rings. The Labute approximate surface area is 112 Å². The van der Waals surface area contributed by atoms with Crippen LogP contribution in [0.25, 0.3) is 0 Å². The van der Waals surface area contributed by atoms with Gasteiger partial charge in [-0.05, 0) is 32.0 Å². The molecule has 1 unspecified atom stereocenters. The summed E-state index contributed by atoms with van der Waals surface area (Å²) in [5.41, 5.74) is 6.33. The standard InChI is InChI=1S/C11H17N3O4S/c1-3-18-11(15)7(2)14-10-5-4-8(6-9(10)12)19(13,16)17/h4-7,14H,3,12H2,1-2H3,(H2,13,16,17). The molecule has 1 aromatic carbocycles. The van der Waals surface area contributed by atoms with Gasteiger partial charge in [-0.2, -0.15) is 0 Å². The van der Waals surface area contributed by atoms with Gasteiger partial charge in [-0.25, -0.2) is 18.4 Å². The predicted octanol–water partition coefficient (Wildman–Crippen LogP) is 0.280. The van der Waals surface area contributed by atoms with E-state index >= 15 is 0 Å². The second-order valence-electron chi connectivity index (χ2n) is 3.91. The van der Waals surface area contributed by atoms with Crippen molar-refractivity contribution in [1.29, 1.82) is 0 Å². The number of esters is 1. The average Bonchev–Trinajstić information content (AvgIpc) is 2.30. The topological polar surface area (TPSA) is 125 Å². The Balaban J connectivity index is 2.89. The van der Waals surface area contributed by atoms with Gasteiger partial charge in [0.2, 0.25) is 10.0 Å². The first-order valence-electron chi connectivity index (χ1n) is 5.61. The lowest BCUT2D eigenvalue weighted by Gasteiger charge is -2.15. The van der Waals surface area contributed by atoms with Crippen LogP contribution in [0.1, 0.15) is 13.8 Å². The monoisotopic (exact) mass is 287 g/mol. The first-order chi connectivity index (χ1) is 8.75. The highest BCUT2D eigenvalue weighted by Crippen LogP contribution is 2.22. The van der Waals surface area contributed by atoms with Crippen molar-refractivity contribution in [2.24, 2.45) is 5.14 Å². The summed E-state index contributed by atoms with van der Waals surface area (Å²) in [6.07, 6.45) is 0. The van der Waals surface area contributed by atoms with Crippen LogP contribution < -0.4 is 16.2 Å². The molecule has 0 aliphatic carbocycles. The highest BCUT2D eigenvalue weighted by molar-refractivity contribution is 7.89. The maximum atomic E-state index is 11.4. The first-order valence-corrected chi connectivity index (χ1v) is 7.15. The van der Waals surface area contributed by atoms with Gasteiger partial charge in [0.25, 0.3) is 0 Å². The molecule has 0 bridgehead atoms. The molecule has 0 heterocycles. The van der Waals surface area contributed by atoms with Gasteiger partial charge < -0.3 is 15.8 Å². The van der Waals surface area contributed by atoms with Gasteiger partial charge in [0.1, 0.15) is 6.04 Å². The summed E-state index contributed by atoms with van der Waals surface area (Å²) in [5, 5.41) is 7.83. The lowest BCUT2D eigenvalue weighted by atomic mass is 10.2. The zero-order valence-corrected chi connectivity index (χ0v) is 11.5. The number of rotatable bonds is 5. The molecule has 0 aliphatic rings. The van der Waals surface area contributed by atoms with Crippen molar-refractivity contribution in [3.63, 3.8) is 0 Å². The Morgan fingerprint density at radius 2 is 2.11 bits per heavy atom. The van der Waals surface area contributed by atoms with E-state index in [1.165, 1.54) is 18.2 Å². The minimum Gasteiger partial charge on any atom is -0.464 e. The Morgan fingerprint density at radius 3 is 2.58 bits per heavy atom. The van der Waals surface area contributed by atoms with Crippen molar-refractivity contribution in [3.05, 3.63) is 18.2 Å². The second kappa shape index (κ2) is 5.89. The summed E-state index contributed by atoms with van der Waals surface area (Å²) in [4.78, 5) is 11.4. The largest absolute Gasteiger partial charge is 0.464 e. The molecule has 0 radical (unpaired) electrons. The van der Waals surface area contributed by atoms with Crippen molar-refractivity contribution < 1.29 is 17.9 Å². The van der Waals surface area contributed by atoms with Crippen molar-refractivity contribution in [2.75, 3.05) is 17.7 Å². The summed E-state index contributed by atoms with van der Waals surface area (Å²) < 4.78 is 27.1. The van der Waals surface area contributed by atoms with Crippen molar-refractivity contribution in [1.82, 2.24) is 0 Å². The number of benzene rings is 1. The smallest absolute Gasteiger partial charge is 0.328 e. The maximum Gasteiger partial charge on any atom is 0.328 e. The highest BCUT2D eigenvalue weighted by atomic mass is 32.2. The average molecular weight is 287 g/mol. The van der Waals surface area contributed by atoms with Gasteiger partial charge in [0, 0.05) is 0 Å². The lowest BCUT2D eigenvalue weighted by molar-refractivity contribution is -0.143. The van der Waals surface area contributed by atoms with Crippen LogP contribution in [-0.4, -0.2) is 27.0 Å². The molecule has 5 N–H and O–H groups in total. The minimum absolute atomic E-state index is 0.0839. The van der Waals surface area contributed by atoms with Crippen LogP contribution in [0.5, 0.6) is 0 Å². The number of hydrogen-bond donors (Lipinski definition) is 3. The number of nitrogens with two attached hydrogens (primary N) is 2. The molecule has 8 heteroatoms. The number of nitrogen functional groups attached to an aromatic ring is 1. The molecule has 1 aromatic rings. The third kappa shape index (κ3) is 4.11. The molecule has 7 nitrogen and oxygen atoms in total. The van der Waals surface area contributed by atoms with Gasteiger partial charge in [-0.15, -0.1) is 0 Å². The third-order valence-electron chi connectivity index (χ3n) is 2.36. The number of carbonyl (C=O) groups is 1. The van der Waals surface area contributed by atoms with E-state index in [0.717, 1.165) is 0 Å². The van der Waals surface area contributed by atoms with Gasteiger partial charge in [-0.1, -0.05) is 0 Å². The Hall–Kier alpha value is -1.80. The Bertz CT molecular complexity index is 571. The molecule has 106 valence electrons. The van der Waals surface area contributed by atoms with Crippen molar-refractivity contribution >= 4 is 27.4 Å². The Kier molecular flexibility index (Phi) is 4.73. The van der Waals surface area contributed by atoms with E-state index in [2.05, 4.69) is 5.32 Å². The number of carbonyl (C=O) groups excluding carboxylic acids is 1. The van der Waals surface area contributed by atoms with E-state index in [1.54, 1.807) is 13.8 Å². The summed E-state index contributed by atoms with van der Waals surface area (Å²) >= 11 is 0. The van der Waals surface area contributed by atoms with Crippen LogP contribution in [0.2, 0.25) is 0 Å². The fraction of sp³-hybridized carbons (Fsp3) is 0.364. The molecule has 0 aliphatic heterocycles. The molecule has 0 saturated heterocycles. The second-order valence-corrected chi connectivity index (χ2v) is 5.47. The molecule has 1 atom stereocenters. The molecule has 0 amide bonds. The van der Waals surface area contributed by atoms with Crippen LogP contribution in [0.4, 0.5) is 11.4 Å². The summed E-state index contributed by atoms with van der Waals surface area (Å²) in [6.45, 7) is 3.61. The molecular formula is C11H17N3O4S. The number of nitrogens with one attached hydrogen (secondary N) is 1. The number of hydrogen-bond acceptors (Lipinski definition) is 6. The highest BCUT2D eigenvalue weighted by Gasteiger charge is 2.16. The predicted molar refractivity (Wildman–Crippen MR) is 71.9 cm³/mol. The fourth-order valence-corrected chi connectivity index (χ4v) is 1.96. The third-order valence-corrected chi connectivity index (χ3v) is 3.27.